The van der Waals surface area contributed by atoms with E-state index in [4.69, 9.17) is 0 Å². The molecule has 0 aliphatic carbocycles. The van der Waals surface area contributed by atoms with Crippen molar-refractivity contribution in [3.8, 4) is 0 Å². The lowest BCUT2D eigenvalue weighted by atomic mass is 10.1. The highest BCUT2D eigenvalue weighted by Crippen LogP contribution is 2.18. The quantitative estimate of drug-likeness (QED) is 0.896. The highest BCUT2D eigenvalue weighted by Gasteiger charge is 2.09. The molecule has 2 aromatic carbocycles. The fourth-order valence-corrected chi connectivity index (χ4v) is 2.28. The van der Waals surface area contributed by atoms with Crippen LogP contribution in [0.5, 0.6) is 0 Å². The van der Waals surface area contributed by atoms with Crippen LogP contribution in [-0.2, 0) is 0 Å². The lowest BCUT2D eigenvalue weighted by molar-refractivity contribution is 0.102. The second-order valence-electron chi connectivity index (χ2n) is 5.14. The third kappa shape index (κ3) is 3.64. The second-order valence-corrected chi connectivity index (χ2v) is 5.14. The minimum absolute atomic E-state index is 0.311. The van der Waals surface area contributed by atoms with Gasteiger partial charge in [-0.1, -0.05) is 6.07 Å². The molecule has 0 saturated carbocycles. The third-order valence-corrected chi connectivity index (χ3v) is 3.69. The predicted octanol–water partition coefficient (Wildman–Crippen LogP) is 4.23. The van der Waals surface area contributed by atoms with Gasteiger partial charge in [-0.15, -0.1) is 0 Å². The number of carbonyl (C=O) groups excluding carboxylic acids is 1. The van der Waals surface area contributed by atoms with Crippen LogP contribution in [0.15, 0.2) is 42.5 Å². The summed E-state index contributed by atoms with van der Waals surface area (Å²) in [4.78, 5) is 14.3. The first kappa shape index (κ1) is 16.0. The summed E-state index contributed by atoms with van der Waals surface area (Å²) in [5, 5.41) is 2.78. The second kappa shape index (κ2) is 7.07. The Morgan fingerprint density at radius 3 is 2.27 bits per heavy atom. The predicted molar refractivity (Wildman–Crippen MR) is 89.1 cm³/mol. The highest BCUT2D eigenvalue weighted by atomic mass is 19.1. The Balaban J connectivity index is 2.10. The first-order valence-corrected chi connectivity index (χ1v) is 7.47. The van der Waals surface area contributed by atoms with E-state index >= 15 is 0 Å². The number of hydrogen-bond donors (Lipinski definition) is 1. The van der Waals surface area contributed by atoms with Gasteiger partial charge in [0.2, 0.25) is 0 Å². The summed E-state index contributed by atoms with van der Waals surface area (Å²) < 4.78 is 13.5. The van der Waals surface area contributed by atoms with Crippen LogP contribution in [0.4, 0.5) is 15.8 Å². The maximum Gasteiger partial charge on any atom is 0.255 e. The molecule has 22 heavy (non-hydrogen) atoms. The van der Waals surface area contributed by atoms with E-state index in [0.29, 0.717) is 16.8 Å². The summed E-state index contributed by atoms with van der Waals surface area (Å²) in [6, 6.07) is 12.1. The Kier molecular flexibility index (Phi) is 5.15. The minimum Gasteiger partial charge on any atom is -0.372 e. The molecule has 2 aromatic rings. The molecular formula is C18H21FN2O. The molecule has 3 nitrogen and oxygen atoms in total. The van der Waals surface area contributed by atoms with E-state index in [1.807, 2.05) is 24.3 Å². The summed E-state index contributed by atoms with van der Waals surface area (Å²) in [5.41, 5.74) is 2.65. The number of hydrogen-bond acceptors (Lipinski definition) is 2. The summed E-state index contributed by atoms with van der Waals surface area (Å²) in [7, 11) is 0. The van der Waals surface area contributed by atoms with E-state index in [1.54, 1.807) is 19.1 Å². The fraction of sp³-hybridized carbons (Fsp3) is 0.278. The molecule has 0 aliphatic heterocycles. The third-order valence-electron chi connectivity index (χ3n) is 3.69. The van der Waals surface area contributed by atoms with E-state index in [2.05, 4.69) is 24.1 Å². The van der Waals surface area contributed by atoms with Gasteiger partial charge in [0.15, 0.2) is 0 Å². The molecule has 0 aromatic heterocycles. The number of halogens is 1. The van der Waals surface area contributed by atoms with E-state index in [-0.39, 0.29) is 11.7 Å². The molecule has 1 N–H and O–H groups in total. The number of carbonyl (C=O) groups is 1. The Hall–Kier alpha value is -2.36. The van der Waals surface area contributed by atoms with E-state index in [1.165, 1.54) is 6.07 Å². The van der Waals surface area contributed by atoms with Crippen molar-refractivity contribution >= 4 is 17.3 Å². The van der Waals surface area contributed by atoms with Crippen molar-refractivity contribution in [1.82, 2.24) is 0 Å². The molecule has 0 aliphatic rings. The van der Waals surface area contributed by atoms with Gasteiger partial charge >= 0.3 is 0 Å². The largest absolute Gasteiger partial charge is 0.372 e. The maximum atomic E-state index is 13.5. The van der Waals surface area contributed by atoms with Crippen molar-refractivity contribution in [2.45, 2.75) is 20.8 Å². The SMILES string of the molecule is CCN(CC)c1ccc(NC(=O)c2ccc(C)c(F)c2)cc1. The van der Waals surface area contributed by atoms with Gasteiger partial charge in [-0.25, -0.2) is 4.39 Å². The molecule has 2 rings (SSSR count). The Bertz CT molecular complexity index is 649. The molecule has 0 fully saturated rings. The van der Waals surface area contributed by atoms with Crippen LogP contribution in [0, 0.1) is 12.7 Å². The maximum absolute atomic E-state index is 13.5. The van der Waals surface area contributed by atoms with Gasteiger partial charge in [0.25, 0.3) is 5.91 Å². The first-order chi connectivity index (χ1) is 10.5. The van der Waals surface area contributed by atoms with Crippen molar-refractivity contribution in [1.29, 1.82) is 0 Å². The van der Waals surface area contributed by atoms with Crippen LogP contribution in [0.2, 0.25) is 0 Å². The number of benzene rings is 2. The van der Waals surface area contributed by atoms with Crippen molar-refractivity contribution in [2.75, 3.05) is 23.3 Å². The van der Waals surface area contributed by atoms with Gasteiger partial charge in [0.1, 0.15) is 5.82 Å². The smallest absolute Gasteiger partial charge is 0.255 e. The van der Waals surface area contributed by atoms with E-state index in [9.17, 15) is 9.18 Å². The van der Waals surface area contributed by atoms with Gasteiger partial charge in [0, 0.05) is 30.0 Å². The van der Waals surface area contributed by atoms with Crippen molar-refractivity contribution in [3.05, 3.63) is 59.4 Å². The summed E-state index contributed by atoms with van der Waals surface area (Å²) >= 11 is 0. The van der Waals surface area contributed by atoms with Crippen LogP contribution in [-0.4, -0.2) is 19.0 Å². The number of amides is 1. The van der Waals surface area contributed by atoms with E-state index in [0.717, 1.165) is 18.8 Å². The van der Waals surface area contributed by atoms with Crippen LogP contribution in [0.1, 0.15) is 29.8 Å². The van der Waals surface area contributed by atoms with Gasteiger partial charge in [-0.05, 0) is 62.7 Å². The molecule has 0 heterocycles. The molecule has 0 saturated heterocycles. The van der Waals surface area contributed by atoms with Crippen LogP contribution >= 0.6 is 0 Å². The van der Waals surface area contributed by atoms with Crippen molar-refractivity contribution < 1.29 is 9.18 Å². The number of anilines is 2. The minimum atomic E-state index is -0.371. The zero-order valence-electron chi connectivity index (χ0n) is 13.2. The molecule has 0 radical (unpaired) electrons. The molecule has 116 valence electrons. The summed E-state index contributed by atoms with van der Waals surface area (Å²) in [6.07, 6.45) is 0. The monoisotopic (exact) mass is 300 g/mol. The van der Waals surface area contributed by atoms with Crippen LogP contribution in [0.25, 0.3) is 0 Å². The number of nitrogens with one attached hydrogen (secondary N) is 1. The fourth-order valence-electron chi connectivity index (χ4n) is 2.28. The standard InChI is InChI=1S/C18H21FN2O/c1-4-21(5-2)16-10-8-15(9-11-16)20-18(22)14-7-6-13(3)17(19)12-14/h6-12H,4-5H2,1-3H3,(H,20,22). The number of aryl methyl sites for hydroxylation is 1. The lowest BCUT2D eigenvalue weighted by Crippen LogP contribution is -2.21. The van der Waals surface area contributed by atoms with Gasteiger partial charge in [0.05, 0.1) is 0 Å². The topological polar surface area (TPSA) is 32.3 Å². The number of rotatable bonds is 5. The van der Waals surface area contributed by atoms with Crippen molar-refractivity contribution in [2.24, 2.45) is 0 Å². The number of nitrogens with zero attached hydrogens (tertiary/aromatic N) is 1. The van der Waals surface area contributed by atoms with Crippen molar-refractivity contribution in [3.63, 3.8) is 0 Å². The molecule has 0 bridgehead atoms. The zero-order valence-corrected chi connectivity index (χ0v) is 13.2. The lowest BCUT2D eigenvalue weighted by Gasteiger charge is -2.21. The van der Waals surface area contributed by atoms with Gasteiger partial charge < -0.3 is 10.2 Å². The first-order valence-electron chi connectivity index (χ1n) is 7.47. The summed E-state index contributed by atoms with van der Waals surface area (Å²) in [6.45, 7) is 7.74. The normalized spacial score (nSPS) is 10.4. The molecular weight excluding hydrogens is 279 g/mol. The summed E-state index contributed by atoms with van der Waals surface area (Å²) in [5.74, 6) is -0.681. The highest BCUT2D eigenvalue weighted by molar-refractivity contribution is 6.04. The van der Waals surface area contributed by atoms with Crippen LogP contribution in [0.3, 0.4) is 0 Å². The molecule has 0 spiro atoms. The molecule has 1 amide bonds. The molecule has 4 heteroatoms. The zero-order chi connectivity index (χ0) is 16.1. The Labute approximate surface area is 130 Å². The Morgan fingerprint density at radius 1 is 1.09 bits per heavy atom. The van der Waals surface area contributed by atoms with Crippen LogP contribution < -0.4 is 10.2 Å². The molecule has 0 atom stereocenters. The van der Waals surface area contributed by atoms with E-state index < -0.39 is 0 Å². The molecule has 0 unspecified atom stereocenters. The average Bonchev–Trinajstić information content (AvgIpc) is 2.52. The average molecular weight is 300 g/mol. The van der Waals surface area contributed by atoms with Gasteiger partial charge in [-0.3, -0.25) is 4.79 Å². The van der Waals surface area contributed by atoms with Gasteiger partial charge in [-0.2, -0.15) is 0 Å². The Morgan fingerprint density at radius 2 is 1.73 bits per heavy atom.